The number of carbonyl (C=O) groups excluding carboxylic acids is 3. The van der Waals surface area contributed by atoms with Crippen LogP contribution in [0.15, 0.2) is 42.5 Å². The number of nitrogens with zero attached hydrogens (tertiary/aromatic N) is 1. The van der Waals surface area contributed by atoms with Crippen molar-refractivity contribution in [3.05, 3.63) is 53.1 Å². The monoisotopic (exact) mass is 583 g/mol. The van der Waals surface area contributed by atoms with Crippen molar-refractivity contribution >= 4 is 40.7 Å². The van der Waals surface area contributed by atoms with Crippen molar-refractivity contribution in [1.29, 1.82) is 0 Å². The SMILES string of the molecule is CCOc1ccc(NC(=O)[C@@H]2[C@H]3C(=O)N([C@@H](CC)CO)C(C(=O)Nc4c(C)cccc4Cl)C34CC[C@@]2(CC)O4)cc1. The van der Waals surface area contributed by atoms with Crippen LogP contribution in [-0.4, -0.2) is 64.2 Å². The lowest BCUT2D eigenvalue weighted by Crippen LogP contribution is -2.56. The van der Waals surface area contributed by atoms with E-state index in [9.17, 15) is 19.5 Å². The zero-order valence-electron chi connectivity index (χ0n) is 23.9. The average Bonchev–Trinajstić information content (AvgIpc) is 3.56. The van der Waals surface area contributed by atoms with Crippen molar-refractivity contribution in [3.63, 3.8) is 0 Å². The minimum Gasteiger partial charge on any atom is -0.494 e. The molecule has 2 bridgehead atoms. The molecule has 41 heavy (non-hydrogen) atoms. The summed E-state index contributed by atoms with van der Waals surface area (Å²) in [6, 6.07) is 10.8. The summed E-state index contributed by atoms with van der Waals surface area (Å²) >= 11 is 6.44. The number of carbonyl (C=O) groups is 3. The molecule has 5 rings (SSSR count). The van der Waals surface area contributed by atoms with Crippen molar-refractivity contribution in [2.24, 2.45) is 11.8 Å². The fourth-order valence-corrected chi connectivity index (χ4v) is 7.43. The molecule has 0 radical (unpaired) electrons. The Bertz CT molecular complexity index is 1310. The molecule has 3 aliphatic heterocycles. The minimum absolute atomic E-state index is 0.318. The summed E-state index contributed by atoms with van der Waals surface area (Å²) in [5.41, 5.74) is -0.281. The molecule has 2 aromatic rings. The second-order valence-corrected chi connectivity index (χ2v) is 11.6. The van der Waals surface area contributed by atoms with Crippen LogP contribution in [0.5, 0.6) is 5.75 Å². The lowest BCUT2D eigenvalue weighted by molar-refractivity contribution is -0.148. The fourth-order valence-electron chi connectivity index (χ4n) is 7.16. The lowest BCUT2D eigenvalue weighted by Gasteiger charge is -2.37. The smallest absolute Gasteiger partial charge is 0.250 e. The van der Waals surface area contributed by atoms with E-state index in [1.54, 1.807) is 36.4 Å². The number of para-hydroxylation sites is 1. The summed E-state index contributed by atoms with van der Waals surface area (Å²) in [6.07, 6.45) is 1.92. The highest BCUT2D eigenvalue weighted by Crippen LogP contribution is 2.64. The standard InChI is InChI=1S/C31H38ClN3O6/c1-5-20(17-36)35-26(28(38)34-25-18(4)9-8-10-22(25)32)31-16-15-30(6-2,41-31)23(24(31)29(35)39)27(37)33-19-11-13-21(14-12-19)40-7-3/h8-14,20,23-24,26,36H,5-7,15-17H2,1-4H3,(H,33,37)(H,34,38)/t20-,23-,24-,26?,30+,31?/m0/s1. The summed E-state index contributed by atoms with van der Waals surface area (Å²) in [4.78, 5) is 43.9. The van der Waals surface area contributed by atoms with Gasteiger partial charge in [-0.05, 0) is 75.4 Å². The Morgan fingerprint density at radius 1 is 1.12 bits per heavy atom. The van der Waals surface area contributed by atoms with Crippen LogP contribution in [0, 0.1) is 18.8 Å². The highest BCUT2D eigenvalue weighted by atomic mass is 35.5. The quantitative estimate of drug-likeness (QED) is 0.378. The van der Waals surface area contributed by atoms with E-state index in [4.69, 9.17) is 21.1 Å². The van der Waals surface area contributed by atoms with E-state index in [-0.39, 0.29) is 18.4 Å². The Balaban J connectivity index is 1.53. The van der Waals surface area contributed by atoms with E-state index in [0.29, 0.717) is 54.4 Å². The number of anilines is 2. The first kappa shape index (κ1) is 29.4. The average molecular weight is 584 g/mol. The van der Waals surface area contributed by atoms with Gasteiger partial charge in [0.15, 0.2) is 0 Å². The van der Waals surface area contributed by atoms with Gasteiger partial charge >= 0.3 is 0 Å². The summed E-state index contributed by atoms with van der Waals surface area (Å²) in [7, 11) is 0. The van der Waals surface area contributed by atoms with Gasteiger partial charge in [-0.15, -0.1) is 0 Å². The zero-order chi connectivity index (χ0) is 29.5. The molecule has 3 heterocycles. The number of fused-ring (bicyclic) bond motifs is 1. The molecular formula is C31H38ClN3O6. The molecule has 3 amide bonds. The maximum Gasteiger partial charge on any atom is 0.250 e. The molecule has 3 aliphatic rings. The van der Waals surface area contributed by atoms with Crippen LogP contribution in [0.1, 0.15) is 52.0 Å². The topological polar surface area (TPSA) is 117 Å². The fraction of sp³-hybridized carbons (Fsp3) is 0.516. The molecule has 0 saturated carbocycles. The number of rotatable bonds is 10. The highest BCUT2D eigenvalue weighted by molar-refractivity contribution is 6.34. The molecule has 3 saturated heterocycles. The van der Waals surface area contributed by atoms with Gasteiger partial charge < -0.3 is 30.1 Å². The molecule has 2 aromatic carbocycles. The number of aryl methyl sites for hydroxylation is 1. The first-order valence-corrected chi connectivity index (χ1v) is 14.8. The molecule has 0 aromatic heterocycles. The van der Waals surface area contributed by atoms with E-state index >= 15 is 0 Å². The van der Waals surface area contributed by atoms with E-state index in [1.807, 2.05) is 33.8 Å². The zero-order valence-corrected chi connectivity index (χ0v) is 24.7. The number of amides is 3. The number of benzene rings is 2. The lowest BCUT2D eigenvalue weighted by atomic mass is 9.65. The van der Waals surface area contributed by atoms with Crippen LogP contribution >= 0.6 is 11.6 Å². The first-order chi connectivity index (χ1) is 19.7. The van der Waals surface area contributed by atoms with Gasteiger partial charge in [0, 0.05) is 5.69 Å². The number of likely N-dealkylation sites (tertiary alicyclic amines) is 1. The summed E-state index contributed by atoms with van der Waals surface area (Å²) in [5.74, 6) is -2.10. The van der Waals surface area contributed by atoms with E-state index in [2.05, 4.69) is 10.6 Å². The molecule has 1 spiro atoms. The maximum atomic E-state index is 14.3. The molecule has 3 fully saturated rings. The third-order valence-corrected chi connectivity index (χ3v) is 9.44. The number of nitrogens with one attached hydrogen (secondary N) is 2. The van der Waals surface area contributed by atoms with E-state index < -0.39 is 41.0 Å². The Hall–Kier alpha value is -3.14. The minimum atomic E-state index is -1.21. The molecule has 220 valence electrons. The van der Waals surface area contributed by atoms with Crippen LogP contribution in [0.2, 0.25) is 5.02 Å². The van der Waals surface area contributed by atoms with Gasteiger partial charge in [-0.25, -0.2) is 0 Å². The number of hydrogen-bond acceptors (Lipinski definition) is 6. The summed E-state index contributed by atoms with van der Waals surface area (Å²) < 4.78 is 12.3. The van der Waals surface area contributed by atoms with Crippen LogP contribution in [-0.2, 0) is 19.1 Å². The molecule has 10 heteroatoms. The predicted octanol–water partition coefficient (Wildman–Crippen LogP) is 4.55. The van der Waals surface area contributed by atoms with E-state index in [0.717, 1.165) is 5.56 Å². The van der Waals surface area contributed by atoms with Crippen LogP contribution in [0.4, 0.5) is 11.4 Å². The largest absolute Gasteiger partial charge is 0.494 e. The van der Waals surface area contributed by atoms with Gasteiger partial charge in [0.1, 0.15) is 17.4 Å². The van der Waals surface area contributed by atoms with Gasteiger partial charge in [-0.2, -0.15) is 0 Å². The molecule has 6 atom stereocenters. The molecule has 0 aliphatic carbocycles. The number of hydrogen-bond donors (Lipinski definition) is 3. The summed E-state index contributed by atoms with van der Waals surface area (Å²) in [5, 5.41) is 16.6. The Morgan fingerprint density at radius 3 is 2.46 bits per heavy atom. The Morgan fingerprint density at radius 2 is 1.85 bits per heavy atom. The predicted molar refractivity (Wildman–Crippen MR) is 156 cm³/mol. The molecular weight excluding hydrogens is 546 g/mol. The van der Waals surface area contributed by atoms with Crippen molar-refractivity contribution in [1.82, 2.24) is 4.90 Å². The van der Waals surface area contributed by atoms with Gasteiger partial charge in [0.2, 0.25) is 17.7 Å². The molecule has 9 nitrogen and oxygen atoms in total. The Labute approximate surface area is 245 Å². The second kappa shape index (κ2) is 11.3. The van der Waals surface area contributed by atoms with Crippen LogP contribution in [0.3, 0.4) is 0 Å². The number of ether oxygens (including phenoxy) is 2. The first-order valence-electron chi connectivity index (χ1n) is 14.4. The van der Waals surface area contributed by atoms with Crippen molar-refractivity contribution in [3.8, 4) is 5.75 Å². The highest BCUT2D eigenvalue weighted by Gasteiger charge is 2.79. The van der Waals surface area contributed by atoms with Gasteiger partial charge in [-0.1, -0.05) is 37.6 Å². The number of aliphatic hydroxyl groups excluding tert-OH is 1. The normalized spacial score (nSPS) is 28.9. The Kier molecular flexibility index (Phi) is 8.07. The van der Waals surface area contributed by atoms with Crippen molar-refractivity contribution in [2.75, 3.05) is 23.8 Å². The third-order valence-electron chi connectivity index (χ3n) is 9.13. The number of halogens is 1. The molecule has 3 N–H and O–H groups in total. The van der Waals surface area contributed by atoms with Crippen molar-refractivity contribution in [2.45, 2.75) is 76.7 Å². The van der Waals surface area contributed by atoms with E-state index in [1.165, 1.54) is 4.90 Å². The third kappa shape index (κ3) is 4.68. The van der Waals surface area contributed by atoms with Crippen LogP contribution < -0.4 is 15.4 Å². The van der Waals surface area contributed by atoms with Gasteiger partial charge in [-0.3, -0.25) is 14.4 Å². The second-order valence-electron chi connectivity index (χ2n) is 11.2. The van der Waals surface area contributed by atoms with Gasteiger partial charge in [0.25, 0.3) is 0 Å². The molecule has 2 unspecified atom stereocenters. The maximum absolute atomic E-state index is 14.3. The van der Waals surface area contributed by atoms with Gasteiger partial charge in [0.05, 0.1) is 47.4 Å². The number of aliphatic hydroxyl groups is 1. The van der Waals surface area contributed by atoms with Crippen LogP contribution in [0.25, 0.3) is 0 Å². The summed E-state index contributed by atoms with van der Waals surface area (Å²) in [6.45, 7) is 7.76. The van der Waals surface area contributed by atoms with Crippen molar-refractivity contribution < 1.29 is 29.0 Å².